The number of nitrogens with zero attached hydrogens (tertiary/aromatic N) is 5. The van der Waals surface area contributed by atoms with Crippen molar-refractivity contribution in [2.75, 3.05) is 36.5 Å². The van der Waals surface area contributed by atoms with Crippen LogP contribution < -0.4 is 30.9 Å². The smallest absolute Gasteiger partial charge is 0.417 e. The van der Waals surface area contributed by atoms with Crippen molar-refractivity contribution in [3.63, 3.8) is 0 Å². The summed E-state index contributed by atoms with van der Waals surface area (Å²) in [5.41, 5.74) is -0.0419. The lowest BCUT2D eigenvalue weighted by molar-refractivity contribution is 0.122. The Kier molecular flexibility index (Phi) is 8.04. The van der Waals surface area contributed by atoms with Gasteiger partial charge in [-0.25, -0.2) is 27.5 Å². The third kappa shape index (κ3) is 6.13. The molecule has 0 spiro atoms. The van der Waals surface area contributed by atoms with E-state index in [1.165, 1.54) is 28.8 Å². The van der Waals surface area contributed by atoms with E-state index < -0.39 is 40.8 Å². The van der Waals surface area contributed by atoms with Crippen LogP contribution in [0.15, 0.2) is 82.8 Å². The van der Waals surface area contributed by atoms with Gasteiger partial charge in [-0.2, -0.15) is 5.10 Å². The topological polar surface area (TPSA) is 121 Å². The number of hydrogen-bond acceptors (Lipinski definition) is 8. The molecular formula is C31H28F2N6O6. The van der Waals surface area contributed by atoms with Crippen LogP contribution in [0.5, 0.6) is 17.2 Å². The van der Waals surface area contributed by atoms with Crippen molar-refractivity contribution in [1.82, 2.24) is 18.7 Å². The van der Waals surface area contributed by atoms with Crippen LogP contribution in [-0.4, -0.2) is 51.1 Å². The highest BCUT2D eigenvalue weighted by Crippen LogP contribution is 2.33. The maximum atomic E-state index is 15.2. The van der Waals surface area contributed by atoms with Gasteiger partial charge in [0, 0.05) is 37.0 Å². The Bertz CT molecular complexity index is 2000. The monoisotopic (exact) mass is 618 g/mol. The first-order valence-electron chi connectivity index (χ1n) is 14.1. The molecule has 0 bridgehead atoms. The van der Waals surface area contributed by atoms with E-state index in [1.54, 1.807) is 36.7 Å². The minimum absolute atomic E-state index is 0.0254. The summed E-state index contributed by atoms with van der Waals surface area (Å²) in [5.74, 6) is -1.50. The fourth-order valence-corrected chi connectivity index (χ4v) is 4.89. The quantitative estimate of drug-likeness (QED) is 0.278. The van der Waals surface area contributed by atoms with Gasteiger partial charge in [-0.05, 0) is 56.3 Å². The Morgan fingerprint density at radius 1 is 0.933 bits per heavy atom. The number of rotatable bonds is 7. The van der Waals surface area contributed by atoms with E-state index in [4.69, 9.17) is 14.2 Å². The summed E-state index contributed by atoms with van der Waals surface area (Å²) in [5, 5.41) is 6.68. The molecule has 1 N–H and O–H groups in total. The summed E-state index contributed by atoms with van der Waals surface area (Å²) in [6.45, 7) is 5.96. The summed E-state index contributed by atoms with van der Waals surface area (Å²) < 4.78 is 49.0. The van der Waals surface area contributed by atoms with Gasteiger partial charge in [0.1, 0.15) is 11.3 Å². The second-order valence-corrected chi connectivity index (χ2v) is 10.5. The second-order valence-electron chi connectivity index (χ2n) is 10.5. The number of carbonyl (C=O) groups is 1. The molecule has 3 aromatic heterocycles. The molecule has 0 unspecified atom stereocenters. The molecule has 232 valence electrons. The molecule has 0 saturated carbocycles. The molecule has 1 aliphatic heterocycles. The number of halogens is 2. The standard InChI is InChI=1S/C31H28F2N6O6/c1-19(2)37-18-28(29(40)39(31(37)42)22-6-3-20(32)4-7-22)45-30(41)35-21-5-8-26(24(33)15-21)44-27-16-23(36-11-13-43-14-12-36)17-38-25(27)9-10-34-38/h3-10,15-19H,11-14H2,1-2H3,(H,35,41). The van der Waals surface area contributed by atoms with Crippen LogP contribution in [0.4, 0.5) is 25.0 Å². The summed E-state index contributed by atoms with van der Waals surface area (Å²) in [6, 6.07) is 11.7. The zero-order valence-corrected chi connectivity index (χ0v) is 24.3. The van der Waals surface area contributed by atoms with Crippen molar-refractivity contribution < 1.29 is 27.8 Å². The van der Waals surface area contributed by atoms with E-state index in [2.05, 4.69) is 15.3 Å². The zero-order valence-electron chi connectivity index (χ0n) is 24.3. The first-order valence-corrected chi connectivity index (χ1v) is 14.1. The number of carbonyl (C=O) groups excluding carboxylic acids is 1. The van der Waals surface area contributed by atoms with Gasteiger partial charge < -0.3 is 19.1 Å². The average Bonchev–Trinajstić information content (AvgIpc) is 3.50. The molecule has 12 nitrogen and oxygen atoms in total. The lowest BCUT2D eigenvalue weighted by atomic mass is 10.2. The Morgan fingerprint density at radius 3 is 2.40 bits per heavy atom. The van der Waals surface area contributed by atoms with Gasteiger partial charge in [0.25, 0.3) is 0 Å². The normalized spacial score (nSPS) is 13.3. The van der Waals surface area contributed by atoms with Crippen molar-refractivity contribution in [2.45, 2.75) is 19.9 Å². The molecule has 4 heterocycles. The molecule has 1 aliphatic rings. The number of benzene rings is 2. The lowest BCUT2D eigenvalue weighted by Crippen LogP contribution is -2.40. The van der Waals surface area contributed by atoms with Crippen LogP contribution in [0.25, 0.3) is 11.2 Å². The van der Waals surface area contributed by atoms with E-state index in [0.717, 1.165) is 34.7 Å². The minimum atomic E-state index is -1.10. The molecule has 0 radical (unpaired) electrons. The number of amides is 1. The predicted molar refractivity (Wildman–Crippen MR) is 161 cm³/mol. The van der Waals surface area contributed by atoms with Crippen LogP contribution in [0.3, 0.4) is 0 Å². The third-order valence-corrected chi connectivity index (χ3v) is 7.16. The summed E-state index contributed by atoms with van der Waals surface area (Å²) in [6.07, 6.45) is 3.50. The van der Waals surface area contributed by atoms with E-state index >= 15 is 4.39 Å². The Balaban J connectivity index is 1.22. The van der Waals surface area contributed by atoms with E-state index in [0.29, 0.717) is 37.6 Å². The lowest BCUT2D eigenvalue weighted by Gasteiger charge is -2.29. The fourth-order valence-electron chi connectivity index (χ4n) is 4.89. The van der Waals surface area contributed by atoms with Gasteiger partial charge in [-0.3, -0.25) is 14.7 Å². The molecule has 45 heavy (non-hydrogen) atoms. The number of pyridine rings is 1. The second kappa shape index (κ2) is 12.2. The van der Waals surface area contributed by atoms with Crippen molar-refractivity contribution in [3.05, 3.63) is 106 Å². The highest BCUT2D eigenvalue weighted by Gasteiger charge is 2.20. The van der Waals surface area contributed by atoms with Gasteiger partial charge >= 0.3 is 17.3 Å². The van der Waals surface area contributed by atoms with Crippen LogP contribution in [0.1, 0.15) is 19.9 Å². The maximum Gasteiger partial charge on any atom is 0.417 e. The Labute approximate surface area is 254 Å². The molecule has 2 aromatic carbocycles. The molecule has 0 atom stereocenters. The number of hydrogen-bond donors (Lipinski definition) is 1. The van der Waals surface area contributed by atoms with Gasteiger partial charge in [-0.15, -0.1) is 0 Å². The SMILES string of the molecule is CC(C)n1cc(OC(=O)Nc2ccc(Oc3cc(N4CCOCC4)cn4nccc34)c(F)c2)c(=O)n(-c2ccc(F)cc2)c1=O. The van der Waals surface area contributed by atoms with Crippen molar-refractivity contribution >= 4 is 23.0 Å². The predicted octanol–water partition coefficient (Wildman–Crippen LogP) is 4.75. The van der Waals surface area contributed by atoms with Crippen molar-refractivity contribution in [1.29, 1.82) is 0 Å². The van der Waals surface area contributed by atoms with E-state index in [-0.39, 0.29) is 17.1 Å². The van der Waals surface area contributed by atoms with Gasteiger partial charge in [0.15, 0.2) is 17.3 Å². The fraction of sp³-hybridized carbons (Fsp3) is 0.226. The highest BCUT2D eigenvalue weighted by molar-refractivity contribution is 5.86. The first-order chi connectivity index (χ1) is 21.7. The van der Waals surface area contributed by atoms with Crippen molar-refractivity contribution in [3.8, 4) is 22.9 Å². The van der Waals surface area contributed by atoms with Crippen LogP contribution >= 0.6 is 0 Å². The number of ether oxygens (including phenoxy) is 3. The third-order valence-electron chi connectivity index (χ3n) is 7.16. The molecule has 5 aromatic rings. The first kappa shape index (κ1) is 29.6. The highest BCUT2D eigenvalue weighted by atomic mass is 19.1. The Morgan fingerprint density at radius 2 is 1.69 bits per heavy atom. The molecule has 1 amide bonds. The van der Waals surface area contributed by atoms with E-state index in [9.17, 15) is 18.8 Å². The largest absolute Gasteiger partial charge is 0.452 e. The van der Waals surface area contributed by atoms with Gasteiger partial charge in [0.2, 0.25) is 5.75 Å². The molecule has 6 rings (SSSR count). The number of anilines is 2. The molecular weight excluding hydrogens is 590 g/mol. The number of fused-ring (bicyclic) bond motifs is 1. The minimum Gasteiger partial charge on any atom is -0.452 e. The van der Waals surface area contributed by atoms with Crippen LogP contribution in [0.2, 0.25) is 0 Å². The van der Waals surface area contributed by atoms with Gasteiger partial charge in [-0.1, -0.05) is 0 Å². The molecule has 1 saturated heterocycles. The molecule has 1 fully saturated rings. The van der Waals surface area contributed by atoms with Crippen LogP contribution in [0, 0.1) is 11.6 Å². The number of nitrogens with one attached hydrogen (secondary N) is 1. The maximum absolute atomic E-state index is 15.2. The average molecular weight is 619 g/mol. The number of morpholine rings is 1. The summed E-state index contributed by atoms with van der Waals surface area (Å²) in [4.78, 5) is 41.1. The van der Waals surface area contributed by atoms with Crippen LogP contribution in [-0.2, 0) is 4.74 Å². The zero-order chi connectivity index (χ0) is 31.7. The molecule has 14 heteroatoms. The molecule has 0 aliphatic carbocycles. The summed E-state index contributed by atoms with van der Waals surface area (Å²) >= 11 is 0. The Hall–Kier alpha value is -5.50. The van der Waals surface area contributed by atoms with Gasteiger partial charge in [0.05, 0.1) is 43.2 Å². The van der Waals surface area contributed by atoms with Crippen molar-refractivity contribution in [2.24, 2.45) is 0 Å². The van der Waals surface area contributed by atoms with E-state index in [1.807, 2.05) is 6.20 Å². The number of aromatic nitrogens is 4. The summed E-state index contributed by atoms with van der Waals surface area (Å²) in [7, 11) is 0.